The van der Waals surface area contributed by atoms with Gasteiger partial charge in [-0.05, 0) is 45.2 Å². The number of aryl methyl sites for hydroxylation is 1. The lowest BCUT2D eigenvalue weighted by Gasteiger charge is -2.36. The topological polar surface area (TPSA) is 41.1 Å². The van der Waals surface area contributed by atoms with E-state index >= 15 is 0 Å². The zero-order valence-electron chi connectivity index (χ0n) is 13.8. The van der Waals surface area contributed by atoms with Crippen LogP contribution in [0.4, 0.5) is 11.8 Å². The van der Waals surface area contributed by atoms with Crippen LogP contribution in [0.15, 0.2) is 30.3 Å². The molecule has 0 amide bonds. The Labute approximate surface area is 132 Å². The average molecular weight is 296 g/mol. The summed E-state index contributed by atoms with van der Waals surface area (Å²) in [5, 5.41) is 3.31. The highest BCUT2D eigenvalue weighted by atomic mass is 15.2. The molecule has 3 rings (SSSR count). The number of rotatable bonds is 3. The first-order chi connectivity index (χ1) is 10.5. The molecule has 0 saturated heterocycles. The van der Waals surface area contributed by atoms with Crippen molar-refractivity contribution in [3.63, 3.8) is 0 Å². The summed E-state index contributed by atoms with van der Waals surface area (Å²) in [6.07, 6.45) is 1.06. The third-order valence-corrected chi connectivity index (χ3v) is 4.06. The summed E-state index contributed by atoms with van der Waals surface area (Å²) in [5.74, 6) is 1.73. The number of nitrogens with zero attached hydrogens (tertiary/aromatic N) is 3. The van der Waals surface area contributed by atoms with E-state index in [0.717, 1.165) is 30.4 Å². The Morgan fingerprint density at radius 1 is 1.18 bits per heavy atom. The van der Waals surface area contributed by atoms with Crippen molar-refractivity contribution in [2.75, 3.05) is 10.2 Å². The van der Waals surface area contributed by atoms with E-state index < -0.39 is 0 Å². The molecule has 0 saturated carbocycles. The van der Waals surface area contributed by atoms with Gasteiger partial charge in [0.25, 0.3) is 0 Å². The molecule has 0 fully saturated rings. The number of hydrogen-bond donors (Lipinski definition) is 1. The molecular weight excluding hydrogens is 272 g/mol. The van der Waals surface area contributed by atoms with Crippen LogP contribution in [0.5, 0.6) is 0 Å². The summed E-state index contributed by atoms with van der Waals surface area (Å²) >= 11 is 0. The van der Waals surface area contributed by atoms with E-state index in [1.165, 1.54) is 11.1 Å². The van der Waals surface area contributed by atoms with Gasteiger partial charge in [0.1, 0.15) is 5.82 Å². The molecule has 1 aliphatic rings. The molecule has 1 aliphatic heterocycles. The molecule has 0 unspecified atom stereocenters. The Balaban J connectivity index is 1.92. The first-order valence-electron chi connectivity index (χ1n) is 7.98. The zero-order chi connectivity index (χ0) is 15.7. The van der Waals surface area contributed by atoms with E-state index in [9.17, 15) is 0 Å². The molecule has 1 aromatic carbocycles. The highest BCUT2D eigenvalue weighted by molar-refractivity contribution is 5.49. The maximum Gasteiger partial charge on any atom is 0.225 e. The predicted octanol–water partition coefficient (Wildman–Crippen LogP) is 3.56. The highest BCUT2D eigenvalue weighted by Gasteiger charge is 2.24. The van der Waals surface area contributed by atoms with Crippen LogP contribution in [0.2, 0.25) is 0 Å². The normalized spacial score (nSPS) is 17.5. The molecule has 2 aromatic rings. The van der Waals surface area contributed by atoms with E-state index in [4.69, 9.17) is 4.98 Å². The van der Waals surface area contributed by atoms with Crippen LogP contribution >= 0.6 is 0 Å². The summed E-state index contributed by atoms with van der Waals surface area (Å²) in [7, 11) is 0. The zero-order valence-corrected chi connectivity index (χ0v) is 13.8. The largest absolute Gasteiger partial charge is 0.352 e. The molecular formula is C18H24N4. The van der Waals surface area contributed by atoms with Crippen LogP contribution in [0.3, 0.4) is 0 Å². The molecule has 2 heterocycles. The Kier molecular flexibility index (Phi) is 4.01. The fraction of sp³-hybridized carbons (Fsp3) is 0.444. The van der Waals surface area contributed by atoms with E-state index in [0.29, 0.717) is 12.1 Å². The third-order valence-electron chi connectivity index (χ3n) is 4.06. The molecule has 0 bridgehead atoms. The fourth-order valence-corrected chi connectivity index (χ4v) is 3.01. The number of hydrogen-bond acceptors (Lipinski definition) is 4. The van der Waals surface area contributed by atoms with Gasteiger partial charge in [0.05, 0.1) is 0 Å². The van der Waals surface area contributed by atoms with Gasteiger partial charge in [-0.15, -0.1) is 0 Å². The van der Waals surface area contributed by atoms with E-state index in [2.05, 4.69) is 66.3 Å². The first-order valence-corrected chi connectivity index (χ1v) is 7.98. The minimum atomic E-state index is 0.328. The SMILES string of the molecule is Cc1cc(N2Cc3ccccc3C[C@@H]2C)nc(NC(C)C)n1. The predicted molar refractivity (Wildman–Crippen MR) is 91.3 cm³/mol. The van der Waals surface area contributed by atoms with Gasteiger partial charge in [-0.25, -0.2) is 4.98 Å². The Morgan fingerprint density at radius 3 is 2.64 bits per heavy atom. The van der Waals surface area contributed by atoms with Crippen LogP contribution in [-0.2, 0) is 13.0 Å². The lowest BCUT2D eigenvalue weighted by atomic mass is 9.95. The van der Waals surface area contributed by atoms with Crippen molar-refractivity contribution in [3.05, 3.63) is 47.2 Å². The molecule has 0 aliphatic carbocycles. The maximum absolute atomic E-state index is 4.72. The van der Waals surface area contributed by atoms with Crippen LogP contribution in [0, 0.1) is 6.92 Å². The van der Waals surface area contributed by atoms with Crippen molar-refractivity contribution in [1.29, 1.82) is 0 Å². The Hall–Kier alpha value is -2.10. The smallest absolute Gasteiger partial charge is 0.225 e. The van der Waals surface area contributed by atoms with Gasteiger partial charge in [-0.1, -0.05) is 24.3 Å². The second kappa shape index (κ2) is 5.95. The summed E-state index contributed by atoms with van der Waals surface area (Å²) in [4.78, 5) is 11.6. The van der Waals surface area contributed by atoms with Crippen molar-refractivity contribution < 1.29 is 0 Å². The van der Waals surface area contributed by atoms with E-state index in [1.54, 1.807) is 0 Å². The number of fused-ring (bicyclic) bond motifs is 1. The number of benzene rings is 1. The van der Waals surface area contributed by atoms with Gasteiger partial charge in [-0.2, -0.15) is 4.98 Å². The Bertz CT molecular complexity index is 666. The third kappa shape index (κ3) is 3.06. The van der Waals surface area contributed by atoms with E-state index in [1.807, 2.05) is 6.92 Å². The van der Waals surface area contributed by atoms with E-state index in [-0.39, 0.29) is 0 Å². The van der Waals surface area contributed by atoms with Crippen LogP contribution < -0.4 is 10.2 Å². The lowest BCUT2D eigenvalue weighted by molar-refractivity contribution is 0.586. The lowest BCUT2D eigenvalue weighted by Crippen LogP contribution is -2.39. The molecule has 0 radical (unpaired) electrons. The summed E-state index contributed by atoms with van der Waals surface area (Å²) in [6.45, 7) is 9.41. The molecule has 1 aromatic heterocycles. The summed E-state index contributed by atoms with van der Waals surface area (Å²) in [5.41, 5.74) is 3.85. The molecule has 116 valence electrons. The first kappa shape index (κ1) is 14.8. The fourth-order valence-electron chi connectivity index (χ4n) is 3.01. The number of anilines is 2. The van der Waals surface area contributed by atoms with Gasteiger partial charge in [0.15, 0.2) is 0 Å². The summed E-state index contributed by atoms with van der Waals surface area (Å²) < 4.78 is 0. The van der Waals surface area contributed by atoms with Gasteiger partial charge in [0, 0.05) is 30.4 Å². The maximum atomic E-state index is 4.72. The molecule has 4 heteroatoms. The number of aromatic nitrogens is 2. The Morgan fingerprint density at radius 2 is 1.91 bits per heavy atom. The summed E-state index contributed by atoms with van der Waals surface area (Å²) in [6, 6.07) is 11.5. The average Bonchev–Trinajstić information content (AvgIpc) is 2.45. The molecule has 22 heavy (non-hydrogen) atoms. The second-order valence-electron chi connectivity index (χ2n) is 6.44. The highest BCUT2D eigenvalue weighted by Crippen LogP contribution is 2.28. The van der Waals surface area contributed by atoms with Crippen molar-refractivity contribution in [1.82, 2.24) is 9.97 Å². The molecule has 1 atom stereocenters. The standard InChI is InChI=1S/C18H24N4/c1-12(2)19-18-20-13(3)9-17(21-18)22-11-16-8-6-5-7-15(16)10-14(22)4/h5-9,12,14H,10-11H2,1-4H3,(H,19,20,21)/t14-/m0/s1. The molecule has 0 spiro atoms. The van der Waals surface area contributed by atoms with Gasteiger partial charge in [-0.3, -0.25) is 0 Å². The second-order valence-corrected chi connectivity index (χ2v) is 6.44. The van der Waals surface area contributed by atoms with Crippen molar-refractivity contribution in [2.45, 2.75) is 52.7 Å². The van der Waals surface area contributed by atoms with Crippen molar-refractivity contribution >= 4 is 11.8 Å². The minimum absolute atomic E-state index is 0.328. The van der Waals surface area contributed by atoms with Crippen molar-refractivity contribution in [3.8, 4) is 0 Å². The van der Waals surface area contributed by atoms with Gasteiger partial charge in [0.2, 0.25) is 5.95 Å². The monoisotopic (exact) mass is 296 g/mol. The molecule has 1 N–H and O–H groups in total. The number of nitrogens with one attached hydrogen (secondary N) is 1. The quantitative estimate of drug-likeness (QED) is 0.940. The van der Waals surface area contributed by atoms with Crippen LogP contribution in [0.1, 0.15) is 37.6 Å². The van der Waals surface area contributed by atoms with Crippen molar-refractivity contribution in [2.24, 2.45) is 0 Å². The molecule has 4 nitrogen and oxygen atoms in total. The van der Waals surface area contributed by atoms with Gasteiger partial charge < -0.3 is 10.2 Å². The minimum Gasteiger partial charge on any atom is -0.352 e. The van der Waals surface area contributed by atoms with Crippen LogP contribution in [-0.4, -0.2) is 22.1 Å². The van der Waals surface area contributed by atoms with Crippen LogP contribution in [0.25, 0.3) is 0 Å². The van der Waals surface area contributed by atoms with Gasteiger partial charge >= 0.3 is 0 Å².